The molecule has 1 aliphatic carbocycles. The molecule has 0 spiro atoms. The first-order chi connectivity index (χ1) is 16.5. The third-order valence-corrected chi connectivity index (χ3v) is 6.63. The number of fused-ring (bicyclic) bond motifs is 3. The number of alkyl carbamates (subject to hydrolysis) is 1. The maximum Gasteiger partial charge on any atom is 0.407 e. The zero-order valence-electron chi connectivity index (χ0n) is 19.2. The van der Waals surface area contributed by atoms with Crippen LogP contribution in [0.1, 0.15) is 36.8 Å². The second kappa shape index (κ2) is 10.7. The molecule has 180 valence electrons. The molecule has 1 fully saturated rings. The van der Waals surface area contributed by atoms with E-state index in [9.17, 15) is 14.4 Å². The van der Waals surface area contributed by atoms with Crippen LogP contribution in [0.15, 0.2) is 48.5 Å². The normalized spacial score (nSPS) is 19.7. The summed E-state index contributed by atoms with van der Waals surface area (Å²) in [6, 6.07) is 16.3. The lowest BCUT2D eigenvalue weighted by Crippen LogP contribution is -2.41. The van der Waals surface area contributed by atoms with Crippen LogP contribution in [0.25, 0.3) is 11.1 Å². The molecule has 3 N–H and O–H groups in total. The van der Waals surface area contributed by atoms with E-state index in [4.69, 9.17) is 14.6 Å². The van der Waals surface area contributed by atoms with Crippen molar-refractivity contribution in [1.29, 1.82) is 0 Å². The zero-order valence-corrected chi connectivity index (χ0v) is 19.2. The van der Waals surface area contributed by atoms with Crippen molar-refractivity contribution in [3.05, 3.63) is 59.7 Å². The summed E-state index contributed by atoms with van der Waals surface area (Å²) in [4.78, 5) is 35.9. The van der Waals surface area contributed by atoms with E-state index in [-0.39, 0.29) is 44.2 Å². The maximum atomic E-state index is 12.5. The molecular weight excluding hydrogens is 436 g/mol. The molecule has 1 aliphatic heterocycles. The number of aliphatic carboxylic acids is 1. The van der Waals surface area contributed by atoms with Gasteiger partial charge in [-0.2, -0.15) is 0 Å². The third-order valence-electron chi connectivity index (χ3n) is 6.63. The van der Waals surface area contributed by atoms with Crippen LogP contribution in [-0.4, -0.2) is 55.5 Å². The Hall–Kier alpha value is -3.39. The zero-order chi connectivity index (χ0) is 24.1. The quantitative estimate of drug-likeness (QED) is 0.523. The van der Waals surface area contributed by atoms with Crippen molar-refractivity contribution in [2.24, 2.45) is 11.8 Å². The van der Waals surface area contributed by atoms with Crippen LogP contribution in [0.3, 0.4) is 0 Å². The predicted molar refractivity (Wildman–Crippen MR) is 125 cm³/mol. The number of hydrogen-bond acceptors (Lipinski definition) is 5. The molecule has 8 nitrogen and oxygen atoms in total. The van der Waals surface area contributed by atoms with Crippen LogP contribution < -0.4 is 10.6 Å². The van der Waals surface area contributed by atoms with Gasteiger partial charge in [0.05, 0.1) is 24.5 Å². The molecule has 2 aromatic rings. The van der Waals surface area contributed by atoms with E-state index in [1.54, 1.807) is 0 Å². The van der Waals surface area contributed by atoms with E-state index in [0.29, 0.717) is 12.8 Å². The van der Waals surface area contributed by atoms with Gasteiger partial charge in [-0.15, -0.1) is 0 Å². The Kier molecular flexibility index (Phi) is 7.47. The van der Waals surface area contributed by atoms with Gasteiger partial charge < -0.3 is 25.2 Å². The van der Waals surface area contributed by atoms with Gasteiger partial charge >= 0.3 is 12.1 Å². The number of rotatable bonds is 9. The molecule has 1 saturated heterocycles. The summed E-state index contributed by atoms with van der Waals surface area (Å²) in [6.07, 6.45) is 0.0533. The monoisotopic (exact) mass is 466 g/mol. The van der Waals surface area contributed by atoms with Gasteiger partial charge in [-0.25, -0.2) is 4.79 Å². The van der Waals surface area contributed by atoms with Crippen molar-refractivity contribution in [3.8, 4) is 11.1 Å². The Bertz CT molecular complexity index is 1010. The second-order valence-corrected chi connectivity index (χ2v) is 8.78. The van der Waals surface area contributed by atoms with Gasteiger partial charge in [-0.1, -0.05) is 55.5 Å². The summed E-state index contributed by atoms with van der Waals surface area (Å²) in [5.74, 6) is -2.06. The number of carboxylic acid groups (broad SMARTS) is 1. The molecule has 2 amide bonds. The lowest BCUT2D eigenvalue weighted by atomic mass is 9.98. The van der Waals surface area contributed by atoms with Crippen molar-refractivity contribution in [3.63, 3.8) is 0 Å². The summed E-state index contributed by atoms with van der Waals surface area (Å²) in [6.45, 7) is 2.66. The van der Waals surface area contributed by atoms with Gasteiger partial charge in [-0.3, -0.25) is 9.59 Å². The second-order valence-electron chi connectivity index (χ2n) is 8.78. The third kappa shape index (κ3) is 5.22. The van der Waals surface area contributed by atoms with Gasteiger partial charge in [0.15, 0.2) is 0 Å². The van der Waals surface area contributed by atoms with E-state index < -0.39 is 23.9 Å². The van der Waals surface area contributed by atoms with Gasteiger partial charge in [0.1, 0.15) is 6.61 Å². The highest BCUT2D eigenvalue weighted by Crippen LogP contribution is 2.44. The first kappa shape index (κ1) is 23.8. The number of benzene rings is 2. The van der Waals surface area contributed by atoms with Crippen LogP contribution in [0.5, 0.6) is 0 Å². The van der Waals surface area contributed by atoms with Crippen molar-refractivity contribution in [2.75, 3.05) is 26.3 Å². The molecule has 0 aromatic heterocycles. The summed E-state index contributed by atoms with van der Waals surface area (Å²) in [7, 11) is 0. The van der Waals surface area contributed by atoms with Crippen LogP contribution in [0.2, 0.25) is 0 Å². The Morgan fingerprint density at radius 2 is 1.71 bits per heavy atom. The van der Waals surface area contributed by atoms with E-state index >= 15 is 0 Å². The molecule has 1 heterocycles. The predicted octanol–water partition coefficient (Wildman–Crippen LogP) is 3.16. The van der Waals surface area contributed by atoms with Crippen LogP contribution in [0.4, 0.5) is 4.79 Å². The number of carbonyl (C=O) groups excluding carboxylic acids is 2. The summed E-state index contributed by atoms with van der Waals surface area (Å²) in [5.41, 5.74) is 4.61. The molecule has 0 radical (unpaired) electrons. The smallest absolute Gasteiger partial charge is 0.407 e. The number of hydrogen-bond donors (Lipinski definition) is 3. The van der Waals surface area contributed by atoms with Gasteiger partial charge in [0.2, 0.25) is 5.91 Å². The summed E-state index contributed by atoms with van der Waals surface area (Å²) < 4.78 is 11.0. The minimum absolute atomic E-state index is 0.0236. The van der Waals surface area contributed by atoms with E-state index in [1.807, 2.05) is 31.2 Å². The van der Waals surface area contributed by atoms with Crippen molar-refractivity contribution >= 4 is 18.0 Å². The molecule has 3 unspecified atom stereocenters. The van der Waals surface area contributed by atoms with E-state index in [2.05, 4.69) is 34.9 Å². The first-order valence-corrected chi connectivity index (χ1v) is 11.7. The number of carbonyl (C=O) groups is 3. The fourth-order valence-electron chi connectivity index (χ4n) is 4.66. The molecule has 34 heavy (non-hydrogen) atoms. The molecule has 2 aliphatic rings. The number of amides is 2. The van der Waals surface area contributed by atoms with Gasteiger partial charge in [0.25, 0.3) is 0 Å². The average Bonchev–Trinajstić information content (AvgIpc) is 3.45. The highest BCUT2D eigenvalue weighted by atomic mass is 16.5. The Morgan fingerprint density at radius 1 is 1.06 bits per heavy atom. The van der Waals surface area contributed by atoms with E-state index in [1.165, 1.54) is 0 Å². The van der Waals surface area contributed by atoms with Gasteiger partial charge in [-0.05, 0) is 35.1 Å². The van der Waals surface area contributed by atoms with Crippen molar-refractivity contribution in [2.45, 2.75) is 31.8 Å². The van der Waals surface area contributed by atoms with E-state index in [0.717, 1.165) is 22.3 Å². The molecular formula is C26H30N2O6. The fourth-order valence-corrected chi connectivity index (χ4v) is 4.66. The maximum absolute atomic E-state index is 12.5. The number of nitrogens with one attached hydrogen (secondary N) is 2. The Morgan fingerprint density at radius 3 is 2.29 bits per heavy atom. The lowest BCUT2D eigenvalue weighted by molar-refractivity contribution is -0.141. The Balaban J connectivity index is 1.24. The first-order valence-electron chi connectivity index (χ1n) is 11.7. The van der Waals surface area contributed by atoms with Crippen LogP contribution >= 0.6 is 0 Å². The lowest BCUT2D eigenvalue weighted by Gasteiger charge is -2.18. The topological polar surface area (TPSA) is 114 Å². The molecule has 8 heteroatoms. The molecule has 0 saturated carbocycles. The fraction of sp³-hybridized carbons (Fsp3) is 0.423. The molecule has 4 rings (SSSR count). The minimum Gasteiger partial charge on any atom is -0.481 e. The molecule has 0 bridgehead atoms. The van der Waals surface area contributed by atoms with Gasteiger partial charge in [0, 0.05) is 19.0 Å². The Labute approximate surface area is 198 Å². The molecule has 2 aromatic carbocycles. The van der Waals surface area contributed by atoms with Crippen LogP contribution in [0, 0.1) is 11.8 Å². The number of carboxylic acids is 1. The van der Waals surface area contributed by atoms with Crippen LogP contribution in [-0.2, 0) is 19.1 Å². The molecule has 3 atom stereocenters. The largest absolute Gasteiger partial charge is 0.481 e. The number of ether oxygens (including phenoxy) is 2. The summed E-state index contributed by atoms with van der Waals surface area (Å²) in [5, 5.41) is 14.6. The summed E-state index contributed by atoms with van der Waals surface area (Å²) >= 11 is 0. The van der Waals surface area contributed by atoms with Crippen molar-refractivity contribution in [1.82, 2.24) is 10.6 Å². The van der Waals surface area contributed by atoms with Crippen molar-refractivity contribution < 1.29 is 29.0 Å². The average molecular weight is 467 g/mol. The SMILES string of the molecule is CCC(CNC(=O)OCC1c2ccccc2-c2ccccc21)C(=O)NCC1CC(C(=O)O)CO1. The standard InChI is InChI=1S/C26H30N2O6/c1-2-16(24(29)27-13-18-11-17(14-33-18)25(30)31)12-28-26(32)34-15-23-21-9-5-3-7-19(21)20-8-4-6-10-22(20)23/h3-10,16-18,23H,2,11-15H2,1H3,(H,27,29)(H,28,32)(H,30,31). The highest BCUT2D eigenvalue weighted by molar-refractivity contribution is 5.80. The highest BCUT2D eigenvalue weighted by Gasteiger charge is 2.31. The minimum atomic E-state index is -0.882.